The van der Waals surface area contributed by atoms with E-state index < -0.39 is 0 Å². The van der Waals surface area contributed by atoms with Crippen molar-refractivity contribution < 1.29 is 9.53 Å². The zero-order valence-electron chi connectivity index (χ0n) is 11.8. The minimum absolute atomic E-state index is 0.131. The lowest BCUT2D eigenvalue weighted by atomic mass is 9.85. The minimum atomic E-state index is -0.181. The third-order valence-electron chi connectivity index (χ3n) is 4.64. The number of nitrogens with two attached hydrogens (primary N) is 1. The van der Waals surface area contributed by atoms with Crippen molar-refractivity contribution >= 4 is 17.0 Å². The Balaban J connectivity index is 1.53. The summed E-state index contributed by atoms with van der Waals surface area (Å²) in [6.45, 7) is 0.482. The van der Waals surface area contributed by atoms with Crippen LogP contribution in [-0.4, -0.2) is 40.7 Å². The minimum Gasteiger partial charge on any atom is -0.447 e. The molecule has 1 amide bonds. The number of amides is 1. The highest BCUT2D eigenvalue weighted by molar-refractivity contribution is 5.80. The van der Waals surface area contributed by atoms with Gasteiger partial charge < -0.3 is 15.5 Å². The fourth-order valence-corrected chi connectivity index (χ4v) is 3.43. The Labute approximate surface area is 123 Å². The molecular weight excluding hydrogens is 266 g/mol. The van der Waals surface area contributed by atoms with E-state index in [1.165, 1.54) is 10.9 Å². The highest BCUT2D eigenvalue weighted by atomic mass is 16.6. The van der Waals surface area contributed by atoms with Crippen molar-refractivity contribution in [2.24, 2.45) is 5.73 Å². The highest BCUT2D eigenvalue weighted by Crippen LogP contribution is 2.31. The molecule has 2 fully saturated rings. The van der Waals surface area contributed by atoms with Gasteiger partial charge in [0, 0.05) is 23.8 Å². The van der Waals surface area contributed by atoms with Crippen molar-refractivity contribution in [3.8, 4) is 0 Å². The summed E-state index contributed by atoms with van der Waals surface area (Å²) in [7, 11) is 0. The second-order valence-electron chi connectivity index (χ2n) is 6.13. The number of aromatic amines is 1. The van der Waals surface area contributed by atoms with Gasteiger partial charge in [-0.25, -0.2) is 4.79 Å². The number of H-pyrrole nitrogens is 1. The number of hydrogen-bond acceptors (Lipinski definition) is 3. The molecular formula is C16H19N3O2. The second kappa shape index (κ2) is 4.77. The Bertz CT molecular complexity index is 675. The molecule has 0 bridgehead atoms. The van der Waals surface area contributed by atoms with Crippen LogP contribution in [0.5, 0.6) is 0 Å². The van der Waals surface area contributed by atoms with Gasteiger partial charge in [0.2, 0.25) is 0 Å². The summed E-state index contributed by atoms with van der Waals surface area (Å²) in [5.41, 5.74) is 8.22. The van der Waals surface area contributed by atoms with Crippen LogP contribution in [0.3, 0.4) is 0 Å². The summed E-state index contributed by atoms with van der Waals surface area (Å²) >= 11 is 0. The molecule has 1 saturated carbocycles. The average molecular weight is 285 g/mol. The molecule has 110 valence electrons. The third-order valence-corrected chi connectivity index (χ3v) is 4.64. The summed E-state index contributed by atoms with van der Waals surface area (Å²) < 4.78 is 5.25. The van der Waals surface area contributed by atoms with Crippen LogP contribution in [0.25, 0.3) is 10.9 Å². The second-order valence-corrected chi connectivity index (χ2v) is 6.13. The van der Waals surface area contributed by atoms with Gasteiger partial charge in [0.1, 0.15) is 6.61 Å². The van der Waals surface area contributed by atoms with Crippen molar-refractivity contribution in [2.45, 2.75) is 37.4 Å². The number of nitrogens with zero attached hydrogens (tertiary/aromatic N) is 1. The maximum absolute atomic E-state index is 11.9. The van der Waals surface area contributed by atoms with Crippen LogP contribution in [0.2, 0.25) is 0 Å². The van der Waals surface area contributed by atoms with E-state index in [4.69, 9.17) is 10.5 Å². The summed E-state index contributed by atoms with van der Waals surface area (Å²) in [4.78, 5) is 17.0. The van der Waals surface area contributed by atoms with Crippen LogP contribution in [0.1, 0.15) is 18.4 Å². The van der Waals surface area contributed by atoms with E-state index in [0.29, 0.717) is 6.61 Å². The number of carbonyl (C=O) groups excluding carboxylic acids is 1. The number of nitrogens with one attached hydrogen (secondary N) is 1. The third kappa shape index (κ3) is 2.17. The standard InChI is InChI=1S/C16H19N3O2/c17-12-7-13(8-12)19-14(9-21-16(19)20)6-10-1-2-15-11(5-10)3-4-18-15/h1-5,12-14,18H,6-9,17H2/t12-,13-,14-/m0/s1. The molecule has 1 saturated heterocycles. The van der Waals surface area contributed by atoms with Crippen molar-refractivity contribution in [3.05, 3.63) is 36.0 Å². The van der Waals surface area contributed by atoms with Gasteiger partial charge in [0.05, 0.1) is 6.04 Å². The fourth-order valence-electron chi connectivity index (χ4n) is 3.43. The zero-order chi connectivity index (χ0) is 14.4. The normalized spacial score (nSPS) is 28.7. The quantitative estimate of drug-likeness (QED) is 0.906. The monoisotopic (exact) mass is 285 g/mol. The first-order valence-electron chi connectivity index (χ1n) is 7.47. The number of aromatic nitrogens is 1. The van der Waals surface area contributed by atoms with Crippen molar-refractivity contribution in [1.82, 2.24) is 9.88 Å². The molecule has 21 heavy (non-hydrogen) atoms. The zero-order valence-corrected chi connectivity index (χ0v) is 11.8. The molecule has 1 atom stereocenters. The molecule has 0 spiro atoms. The average Bonchev–Trinajstić information content (AvgIpc) is 3.02. The summed E-state index contributed by atoms with van der Waals surface area (Å²) in [5.74, 6) is 0. The number of hydrogen-bond donors (Lipinski definition) is 2. The molecule has 1 aliphatic heterocycles. The first-order chi connectivity index (χ1) is 10.2. The van der Waals surface area contributed by atoms with Gasteiger partial charge in [-0.2, -0.15) is 0 Å². The molecule has 4 rings (SSSR count). The number of ether oxygens (including phenoxy) is 1. The topological polar surface area (TPSA) is 71.3 Å². The van der Waals surface area contributed by atoms with Gasteiger partial charge in [-0.3, -0.25) is 4.90 Å². The van der Waals surface area contributed by atoms with Crippen LogP contribution in [0.15, 0.2) is 30.5 Å². The van der Waals surface area contributed by atoms with Gasteiger partial charge in [0.15, 0.2) is 0 Å². The van der Waals surface area contributed by atoms with Gasteiger partial charge >= 0.3 is 6.09 Å². The van der Waals surface area contributed by atoms with Gasteiger partial charge in [-0.15, -0.1) is 0 Å². The molecule has 1 aromatic heterocycles. The Morgan fingerprint density at radius 2 is 2.19 bits per heavy atom. The van der Waals surface area contributed by atoms with E-state index in [0.717, 1.165) is 24.8 Å². The predicted octanol–water partition coefficient (Wildman–Crippen LogP) is 2.02. The van der Waals surface area contributed by atoms with E-state index >= 15 is 0 Å². The summed E-state index contributed by atoms with van der Waals surface area (Å²) in [5, 5.41) is 1.20. The van der Waals surface area contributed by atoms with Crippen molar-refractivity contribution in [1.29, 1.82) is 0 Å². The predicted molar refractivity (Wildman–Crippen MR) is 80.0 cm³/mol. The molecule has 5 nitrogen and oxygen atoms in total. The Morgan fingerprint density at radius 1 is 1.33 bits per heavy atom. The number of cyclic esters (lactones) is 1. The van der Waals surface area contributed by atoms with Crippen LogP contribution in [-0.2, 0) is 11.2 Å². The summed E-state index contributed by atoms with van der Waals surface area (Å²) in [6.07, 6.45) is 4.38. The lowest BCUT2D eigenvalue weighted by molar-refractivity contribution is 0.108. The van der Waals surface area contributed by atoms with Crippen molar-refractivity contribution in [2.75, 3.05) is 6.61 Å². The van der Waals surface area contributed by atoms with Crippen LogP contribution >= 0.6 is 0 Å². The molecule has 1 aliphatic carbocycles. The van der Waals surface area contributed by atoms with Crippen LogP contribution < -0.4 is 5.73 Å². The van der Waals surface area contributed by atoms with E-state index in [2.05, 4.69) is 29.2 Å². The molecule has 1 aromatic carbocycles. The maximum atomic E-state index is 11.9. The summed E-state index contributed by atoms with van der Waals surface area (Å²) in [6, 6.07) is 9.08. The number of fused-ring (bicyclic) bond motifs is 1. The molecule has 2 aromatic rings. The van der Waals surface area contributed by atoms with E-state index in [-0.39, 0.29) is 24.2 Å². The molecule has 3 N–H and O–H groups in total. The van der Waals surface area contributed by atoms with Crippen LogP contribution in [0, 0.1) is 0 Å². The Kier molecular flexibility index (Phi) is 2.89. The smallest absolute Gasteiger partial charge is 0.410 e. The molecule has 0 radical (unpaired) electrons. The lowest BCUT2D eigenvalue weighted by Gasteiger charge is -2.40. The Hall–Kier alpha value is -2.01. The number of carbonyl (C=O) groups is 1. The molecule has 5 heteroatoms. The first kappa shape index (κ1) is 12.7. The first-order valence-corrected chi connectivity index (χ1v) is 7.47. The number of rotatable bonds is 3. The SMILES string of the molecule is N[C@H]1C[C@H](N2C(=O)OC[C@@H]2Cc2ccc3[nH]ccc3c2)C1. The van der Waals surface area contributed by atoms with E-state index in [1.54, 1.807) is 0 Å². The Morgan fingerprint density at radius 3 is 3.00 bits per heavy atom. The van der Waals surface area contributed by atoms with Crippen LogP contribution in [0.4, 0.5) is 4.79 Å². The van der Waals surface area contributed by atoms with E-state index in [1.807, 2.05) is 11.1 Å². The lowest BCUT2D eigenvalue weighted by Crippen LogP contribution is -2.54. The fraction of sp³-hybridized carbons (Fsp3) is 0.438. The van der Waals surface area contributed by atoms with Gasteiger partial charge in [-0.1, -0.05) is 6.07 Å². The van der Waals surface area contributed by atoms with Gasteiger partial charge in [0.25, 0.3) is 0 Å². The molecule has 0 unspecified atom stereocenters. The van der Waals surface area contributed by atoms with E-state index in [9.17, 15) is 4.79 Å². The molecule has 2 heterocycles. The largest absolute Gasteiger partial charge is 0.447 e. The van der Waals surface area contributed by atoms with Crippen molar-refractivity contribution in [3.63, 3.8) is 0 Å². The van der Waals surface area contributed by atoms with Gasteiger partial charge in [-0.05, 0) is 48.4 Å². The molecule has 2 aliphatic rings. The highest BCUT2D eigenvalue weighted by Gasteiger charge is 2.42. The number of benzene rings is 1. The maximum Gasteiger partial charge on any atom is 0.410 e.